The number of aliphatic hydroxyl groups excluding tert-OH is 1. The third-order valence-corrected chi connectivity index (χ3v) is 5.97. The van der Waals surface area contributed by atoms with E-state index in [1.54, 1.807) is 4.90 Å². The number of carbonyl (C=O) groups excluding carboxylic acids is 1. The number of aliphatic hydroxyl groups is 1. The van der Waals surface area contributed by atoms with Crippen LogP contribution >= 0.6 is 0 Å². The number of alkyl halides is 2. The first-order valence-corrected chi connectivity index (χ1v) is 8.43. The van der Waals surface area contributed by atoms with Gasteiger partial charge in [0.2, 0.25) is 11.8 Å². The molecule has 0 aromatic carbocycles. The fourth-order valence-corrected chi connectivity index (χ4v) is 4.48. The molecule has 0 bridgehead atoms. The van der Waals surface area contributed by atoms with Crippen molar-refractivity contribution in [1.82, 2.24) is 9.80 Å². The summed E-state index contributed by atoms with van der Waals surface area (Å²) in [6.07, 6.45) is 2.95. The van der Waals surface area contributed by atoms with Crippen LogP contribution in [0.25, 0.3) is 0 Å². The van der Waals surface area contributed by atoms with Crippen molar-refractivity contribution in [2.45, 2.75) is 43.6 Å². The molecule has 1 N–H and O–H groups in total. The number of hydrogen-bond acceptors (Lipinski definition) is 3. The van der Waals surface area contributed by atoms with Gasteiger partial charge in [0.15, 0.2) is 0 Å². The maximum Gasteiger partial charge on any atom is 0.249 e. The molecule has 4 nitrogen and oxygen atoms in total. The van der Waals surface area contributed by atoms with Gasteiger partial charge in [-0.3, -0.25) is 9.69 Å². The number of hydrogen-bond donors (Lipinski definition) is 1. The van der Waals surface area contributed by atoms with Crippen LogP contribution in [-0.2, 0) is 4.79 Å². The normalized spacial score (nSPS) is 33.8. The lowest BCUT2D eigenvalue weighted by atomic mass is 9.77. The van der Waals surface area contributed by atoms with Crippen LogP contribution in [0.2, 0.25) is 0 Å². The van der Waals surface area contributed by atoms with E-state index in [1.165, 1.54) is 12.8 Å². The summed E-state index contributed by atoms with van der Waals surface area (Å²) in [5, 5.41) is 9.46. The van der Waals surface area contributed by atoms with Crippen molar-refractivity contribution in [2.24, 2.45) is 17.8 Å². The van der Waals surface area contributed by atoms with E-state index in [-0.39, 0.29) is 30.9 Å². The summed E-state index contributed by atoms with van der Waals surface area (Å²) in [5.41, 5.74) is 0.0118. The number of rotatable bonds is 4. The van der Waals surface area contributed by atoms with Crippen LogP contribution in [0.15, 0.2) is 0 Å². The summed E-state index contributed by atoms with van der Waals surface area (Å²) in [4.78, 5) is 16.5. The predicted molar refractivity (Wildman–Crippen MR) is 76.5 cm³/mol. The number of likely N-dealkylation sites (tertiary alicyclic amines) is 2. The van der Waals surface area contributed by atoms with Crippen LogP contribution in [0.1, 0.15) is 32.1 Å². The van der Waals surface area contributed by atoms with Crippen LogP contribution in [-0.4, -0.2) is 65.1 Å². The molecule has 1 amide bonds. The maximum absolute atomic E-state index is 12.9. The third-order valence-electron chi connectivity index (χ3n) is 5.97. The van der Waals surface area contributed by atoms with Crippen molar-refractivity contribution in [3.63, 3.8) is 0 Å². The number of halogens is 2. The van der Waals surface area contributed by atoms with Crippen molar-refractivity contribution in [1.29, 1.82) is 0 Å². The Labute approximate surface area is 129 Å². The Morgan fingerprint density at radius 3 is 2.36 bits per heavy atom. The molecule has 0 aromatic heterocycles. The van der Waals surface area contributed by atoms with Gasteiger partial charge < -0.3 is 10.0 Å². The fraction of sp³-hybridized carbons (Fsp3) is 0.938. The zero-order valence-electron chi connectivity index (χ0n) is 12.8. The Morgan fingerprint density at radius 1 is 1.14 bits per heavy atom. The van der Waals surface area contributed by atoms with Gasteiger partial charge in [-0.05, 0) is 31.1 Å². The quantitative estimate of drug-likeness (QED) is 0.851. The van der Waals surface area contributed by atoms with Gasteiger partial charge in [0.25, 0.3) is 0 Å². The molecule has 2 aliphatic carbocycles. The Hall–Kier alpha value is -0.750. The Morgan fingerprint density at radius 2 is 1.82 bits per heavy atom. The van der Waals surface area contributed by atoms with Crippen LogP contribution in [0.3, 0.4) is 0 Å². The highest BCUT2D eigenvalue weighted by atomic mass is 19.3. The summed E-state index contributed by atoms with van der Waals surface area (Å²) in [6, 6.07) is 0. The summed E-state index contributed by atoms with van der Waals surface area (Å²) in [6.45, 7) is 3.51. The molecule has 0 aromatic rings. The van der Waals surface area contributed by atoms with Gasteiger partial charge in [0.1, 0.15) is 0 Å². The van der Waals surface area contributed by atoms with Crippen LogP contribution < -0.4 is 0 Å². The minimum atomic E-state index is -2.63. The highest BCUT2D eigenvalue weighted by Crippen LogP contribution is 2.47. The molecule has 0 radical (unpaired) electrons. The summed E-state index contributed by atoms with van der Waals surface area (Å²) >= 11 is 0. The molecule has 2 saturated carbocycles. The molecule has 4 rings (SSSR count). The lowest BCUT2D eigenvalue weighted by Gasteiger charge is -2.54. The first-order chi connectivity index (χ1) is 10.4. The number of amides is 1. The van der Waals surface area contributed by atoms with Gasteiger partial charge in [0.05, 0.1) is 5.54 Å². The van der Waals surface area contributed by atoms with Gasteiger partial charge in [-0.25, -0.2) is 8.78 Å². The summed E-state index contributed by atoms with van der Waals surface area (Å²) < 4.78 is 25.9. The average molecular weight is 314 g/mol. The largest absolute Gasteiger partial charge is 0.396 e. The zero-order valence-corrected chi connectivity index (χ0v) is 12.8. The second kappa shape index (κ2) is 4.87. The lowest BCUT2D eigenvalue weighted by molar-refractivity contribution is -0.170. The first kappa shape index (κ1) is 14.8. The molecule has 4 aliphatic rings. The number of carbonyl (C=O) groups is 1. The Kier molecular flexibility index (Phi) is 3.28. The van der Waals surface area contributed by atoms with Gasteiger partial charge in [-0.1, -0.05) is 0 Å². The third kappa shape index (κ3) is 2.44. The van der Waals surface area contributed by atoms with E-state index in [2.05, 4.69) is 4.90 Å². The van der Waals surface area contributed by atoms with E-state index < -0.39 is 11.8 Å². The molecule has 22 heavy (non-hydrogen) atoms. The molecular formula is C16H24F2N2O2. The van der Waals surface area contributed by atoms with Crippen molar-refractivity contribution in [2.75, 3.05) is 32.8 Å². The minimum absolute atomic E-state index is 0.0118. The Bertz CT molecular complexity index is 467. The molecule has 4 fully saturated rings. The highest BCUT2D eigenvalue weighted by molar-refractivity contribution is 5.81. The van der Waals surface area contributed by atoms with Crippen LogP contribution in [0.5, 0.6) is 0 Å². The van der Waals surface area contributed by atoms with Crippen molar-refractivity contribution < 1.29 is 18.7 Å². The average Bonchev–Trinajstić information content (AvgIpc) is 3.12. The SMILES string of the molecule is O=C(C1CC(F)(F)C1)N1CC2(C[C@@H](CO)CN2CC2CC2)C1. The Balaban J connectivity index is 1.36. The molecule has 2 saturated heterocycles. The van der Waals surface area contributed by atoms with E-state index in [0.29, 0.717) is 19.0 Å². The zero-order chi connectivity index (χ0) is 15.5. The second-order valence-electron chi connectivity index (χ2n) is 7.98. The monoisotopic (exact) mass is 314 g/mol. The molecule has 0 unspecified atom stereocenters. The smallest absolute Gasteiger partial charge is 0.249 e. The van der Waals surface area contributed by atoms with Crippen molar-refractivity contribution >= 4 is 5.91 Å². The molecule has 2 heterocycles. The van der Waals surface area contributed by atoms with Crippen LogP contribution in [0, 0.1) is 17.8 Å². The second-order valence-corrected chi connectivity index (χ2v) is 7.98. The predicted octanol–water partition coefficient (Wildman–Crippen LogP) is 1.34. The van der Waals surface area contributed by atoms with E-state index in [9.17, 15) is 18.7 Å². The topological polar surface area (TPSA) is 43.8 Å². The minimum Gasteiger partial charge on any atom is -0.396 e. The van der Waals surface area contributed by atoms with Crippen LogP contribution in [0.4, 0.5) is 8.78 Å². The molecule has 124 valence electrons. The summed E-state index contributed by atoms with van der Waals surface area (Å²) in [5.74, 6) is -2.11. The number of nitrogens with zero attached hydrogens (tertiary/aromatic N) is 2. The van der Waals surface area contributed by atoms with Gasteiger partial charge in [-0.2, -0.15) is 0 Å². The van der Waals surface area contributed by atoms with Gasteiger partial charge >= 0.3 is 0 Å². The fourth-order valence-electron chi connectivity index (χ4n) is 4.48. The highest BCUT2D eigenvalue weighted by Gasteiger charge is 2.58. The standard InChI is InChI=1S/C16H24F2N2O2/c17-16(18)4-13(5-16)14(22)19-9-15(10-19)3-12(8-21)7-20(15)6-11-1-2-11/h11-13,21H,1-10H2/t12-/m1/s1. The van der Waals surface area contributed by atoms with Crippen molar-refractivity contribution in [3.05, 3.63) is 0 Å². The van der Waals surface area contributed by atoms with Gasteiger partial charge in [0, 0.05) is 51.5 Å². The van der Waals surface area contributed by atoms with E-state index in [0.717, 1.165) is 25.4 Å². The van der Waals surface area contributed by atoms with Gasteiger partial charge in [-0.15, -0.1) is 0 Å². The van der Waals surface area contributed by atoms with E-state index >= 15 is 0 Å². The lowest BCUT2D eigenvalue weighted by Crippen LogP contribution is -2.70. The molecule has 2 aliphatic heterocycles. The molecule has 1 atom stereocenters. The molecular weight excluding hydrogens is 290 g/mol. The van der Waals surface area contributed by atoms with E-state index in [4.69, 9.17) is 0 Å². The molecule has 6 heteroatoms. The first-order valence-electron chi connectivity index (χ1n) is 8.43. The summed E-state index contributed by atoms with van der Waals surface area (Å²) in [7, 11) is 0. The van der Waals surface area contributed by atoms with E-state index in [1.807, 2.05) is 0 Å². The van der Waals surface area contributed by atoms with Crippen molar-refractivity contribution in [3.8, 4) is 0 Å². The maximum atomic E-state index is 12.9. The molecule has 1 spiro atoms.